The molecule has 1 saturated heterocycles. The molecule has 0 spiro atoms. The van der Waals surface area contributed by atoms with Crippen LogP contribution in [-0.4, -0.2) is 63.8 Å². The van der Waals surface area contributed by atoms with Crippen LogP contribution in [0.25, 0.3) is 0 Å². The number of hydrogen-bond donors (Lipinski definition) is 1. The van der Waals surface area contributed by atoms with Crippen LogP contribution in [0.4, 0.5) is 0 Å². The lowest BCUT2D eigenvalue weighted by atomic mass is 10.2. The first-order valence-electron chi connectivity index (χ1n) is 6.10. The Morgan fingerprint density at radius 1 is 1.56 bits per heavy atom. The molecule has 1 aliphatic heterocycles. The third-order valence-electron chi connectivity index (χ3n) is 3.00. The highest BCUT2D eigenvalue weighted by Gasteiger charge is 2.24. The van der Waals surface area contributed by atoms with E-state index >= 15 is 0 Å². The zero-order chi connectivity index (χ0) is 13.0. The number of aliphatic hydroxyl groups is 1. The van der Waals surface area contributed by atoms with E-state index in [1.807, 2.05) is 0 Å². The zero-order valence-corrected chi connectivity index (χ0v) is 10.4. The van der Waals surface area contributed by atoms with E-state index in [-0.39, 0.29) is 18.6 Å². The Kier molecular flexibility index (Phi) is 4.27. The fourth-order valence-corrected chi connectivity index (χ4v) is 1.89. The highest BCUT2D eigenvalue weighted by Crippen LogP contribution is 2.11. The van der Waals surface area contributed by atoms with E-state index in [0.29, 0.717) is 38.4 Å². The highest BCUT2D eigenvalue weighted by molar-refractivity contribution is 5.80. The molecule has 2 heterocycles. The normalized spacial score (nSPS) is 17.8. The van der Waals surface area contributed by atoms with Gasteiger partial charge in [-0.1, -0.05) is 5.21 Å². The lowest BCUT2D eigenvalue weighted by molar-refractivity contribution is -0.138. The molecule has 1 atom stereocenters. The largest absolute Gasteiger partial charge is 0.396 e. The van der Waals surface area contributed by atoms with Gasteiger partial charge in [0.25, 0.3) is 0 Å². The molecule has 1 fully saturated rings. The van der Waals surface area contributed by atoms with Crippen LogP contribution >= 0.6 is 0 Å². The first kappa shape index (κ1) is 13.0. The van der Waals surface area contributed by atoms with Crippen LogP contribution in [0, 0.1) is 0 Å². The molecule has 1 aromatic heterocycles. The summed E-state index contributed by atoms with van der Waals surface area (Å²) in [5.74, 6) is 0.0266. The number of aromatic nitrogens is 3. The van der Waals surface area contributed by atoms with Gasteiger partial charge in [0.1, 0.15) is 6.04 Å². The molecule has 7 heteroatoms. The quantitative estimate of drug-likeness (QED) is 0.763. The molecule has 1 N–H and O–H groups in total. The first-order valence-corrected chi connectivity index (χ1v) is 6.10. The van der Waals surface area contributed by atoms with Gasteiger partial charge in [-0.3, -0.25) is 4.79 Å². The van der Waals surface area contributed by atoms with E-state index in [9.17, 15) is 4.79 Å². The average molecular weight is 254 g/mol. The molecule has 1 amide bonds. The van der Waals surface area contributed by atoms with Gasteiger partial charge in [-0.25, -0.2) is 4.68 Å². The Morgan fingerprint density at radius 3 is 2.94 bits per heavy atom. The second kappa shape index (κ2) is 5.92. The van der Waals surface area contributed by atoms with Gasteiger partial charge in [-0.05, 0) is 6.92 Å². The molecule has 18 heavy (non-hydrogen) atoms. The highest BCUT2D eigenvalue weighted by atomic mass is 16.5. The standard InChI is InChI=1S/C11H18N4O3/c1-9(11(17)14-3-6-18-7-4-14)15-8-10(2-5-16)12-13-15/h8-9,16H,2-7H2,1H3. The predicted molar refractivity (Wildman–Crippen MR) is 62.9 cm³/mol. The van der Waals surface area contributed by atoms with Crippen LogP contribution in [0.1, 0.15) is 18.7 Å². The summed E-state index contributed by atoms with van der Waals surface area (Å²) in [6.45, 7) is 4.26. The monoisotopic (exact) mass is 254 g/mol. The second-order valence-electron chi connectivity index (χ2n) is 4.28. The summed E-state index contributed by atoms with van der Waals surface area (Å²) in [5, 5.41) is 16.7. The van der Waals surface area contributed by atoms with Crippen molar-refractivity contribution < 1.29 is 14.6 Å². The number of aliphatic hydroxyl groups excluding tert-OH is 1. The molecule has 100 valence electrons. The van der Waals surface area contributed by atoms with Crippen molar-refractivity contribution in [3.8, 4) is 0 Å². The number of morpholine rings is 1. The summed E-state index contributed by atoms with van der Waals surface area (Å²) in [4.78, 5) is 14.0. The van der Waals surface area contributed by atoms with Crippen molar-refractivity contribution in [2.24, 2.45) is 0 Å². The van der Waals surface area contributed by atoms with Crippen molar-refractivity contribution in [1.29, 1.82) is 0 Å². The van der Waals surface area contributed by atoms with Gasteiger partial charge in [-0.15, -0.1) is 5.10 Å². The van der Waals surface area contributed by atoms with E-state index in [1.54, 1.807) is 22.7 Å². The van der Waals surface area contributed by atoms with Crippen molar-refractivity contribution in [3.05, 3.63) is 11.9 Å². The smallest absolute Gasteiger partial charge is 0.247 e. The maximum Gasteiger partial charge on any atom is 0.247 e. The van der Waals surface area contributed by atoms with E-state index in [1.165, 1.54) is 0 Å². The lowest BCUT2D eigenvalue weighted by Gasteiger charge is -2.29. The van der Waals surface area contributed by atoms with Crippen molar-refractivity contribution in [3.63, 3.8) is 0 Å². The molecule has 2 rings (SSSR count). The molecule has 1 aromatic rings. The minimum Gasteiger partial charge on any atom is -0.396 e. The van der Waals surface area contributed by atoms with Gasteiger partial charge >= 0.3 is 0 Å². The summed E-state index contributed by atoms with van der Waals surface area (Å²) >= 11 is 0. The number of carbonyl (C=O) groups excluding carboxylic acids is 1. The predicted octanol–water partition coefficient (Wildman–Crippen LogP) is -0.767. The Labute approximate surface area is 105 Å². The Balaban J connectivity index is 2.00. The van der Waals surface area contributed by atoms with Crippen LogP contribution in [0.5, 0.6) is 0 Å². The third kappa shape index (κ3) is 2.85. The van der Waals surface area contributed by atoms with Crippen LogP contribution < -0.4 is 0 Å². The molecular formula is C11H18N4O3. The topological polar surface area (TPSA) is 80.5 Å². The molecule has 0 radical (unpaired) electrons. The molecule has 0 bridgehead atoms. The SMILES string of the molecule is CC(C(=O)N1CCOCC1)n1cc(CCO)nn1. The summed E-state index contributed by atoms with van der Waals surface area (Å²) in [5.41, 5.74) is 0.694. The maximum atomic E-state index is 12.2. The number of rotatable bonds is 4. The first-order chi connectivity index (χ1) is 8.72. The fourth-order valence-electron chi connectivity index (χ4n) is 1.89. The number of nitrogens with zero attached hydrogens (tertiary/aromatic N) is 4. The van der Waals surface area contributed by atoms with Crippen molar-refractivity contribution in [1.82, 2.24) is 19.9 Å². The van der Waals surface area contributed by atoms with Gasteiger partial charge in [-0.2, -0.15) is 0 Å². The van der Waals surface area contributed by atoms with Gasteiger partial charge in [0, 0.05) is 32.3 Å². The van der Waals surface area contributed by atoms with E-state index in [2.05, 4.69) is 10.3 Å². The van der Waals surface area contributed by atoms with E-state index in [0.717, 1.165) is 0 Å². The fraction of sp³-hybridized carbons (Fsp3) is 0.727. The average Bonchev–Trinajstić information content (AvgIpc) is 2.87. The van der Waals surface area contributed by atoms with Crippen LogP contribution in [-0.2, 0) is 16.0 Å². The number of amides is 1. The van der Waals surface area contributed by atoms with Gasteiger partial charge in [0.15, 0.2) is 0 Å². The summed E-state index contributed by atoms with van der Waals surface area (Å²) in [7, 11) is 0. The number of carbonyl (C=O) groups is 1. The van der Waals surface area contributed by atoms with Crippen LogP contribution in [0.15, 0.2) is 6.20 Å². The van der Waals surface area contributed by atoms with Crippen LogP contribution in [0.2, 0.25) is 0 Å². The molecule has 0 aliphatic carbocycles. The molecular weight excluding hydrogens is 236 g/mol. The van der Waals surface area contributed by atoms with Gasteiger partial charge < -0.3 is 14.7 Å². The molecule has 0 aromatic carbocycles. The third-order valence-corrected chi connectivity index (χ3v) is 3.00. The van der Waals surface area contributed by atoms with E-state index in [4.69, 9.17) is 9.84 Å². The summed E-state index contributed by atoms with van der Waals surface area (Å²) in [6, 6.07) is -0.372. The molecule has 0 saturated carbocycles. The second-order valence-corrected chi connectivity index (χ2v) is 4.28. The minimum atomic E-state index is -0.372. The van der Waals surface area contributed by atoms with E-state index < -0.39 is 0 Å². The van der Waals surface area contributed by atoms with Crippen molar-refractivity contribution in [2.45, 2.75) is 19.4 Å². The maximum absolute atomic E-state index is 12.2. The zero-order valence-electron chi connectivity index (χ0n) is 10.4. The van der Waals surface area contributed by atoms with Gasteiger partial charge in [0.05, 0.1) is 18.9 Å². The Morgan fingerprint density at radius 2 is 2.28 bits per heavy atom. The lowest BCUT2D eigenvalue weighted by Crippen LogP contribution is -2.43. The number of ether oxygens (including phenoxy) is 1. The van der Waals surface area contributed by atoms with Crippen molar-refractivity contribution >= 4 is 5.91 Å². The molecule has 7 nitrogen and oxygen atoms in total. The Bertz CT molecular complexity index is 401. The summed E-state index contributed by atoms with van der Waals surface area (Å²) in [6.07, 6.45) is 2.16. The van der Waals surface area contributed by atoms with Crippen molar-refractivity contribution in [2.75, 3.05) is 32.9 Å². The van der Waals surface area contributed by atoms with Crippen LogP contribution in [0.3, 0.4) is 0 Å². The number of hydrogen-bond acceptors (Lipinski definition) is 5. The Hall–Kier alpha value is -1.47. The van der Waals surface area contributed by atoms with Gasteiger partial charge in [0.2, 0.25) is 5.91 Å². The molecule has 1 unspecified atom stereocenters. The minimum absolute atomic E-state index is 0.0266. The molecule has 1 aliphatic rings. The summed E-state index contributed by atoms with van der Waals surface area (Å²) < 4.78 is 6.76.